The second-order valence-electron chi connectivity index (χ2n) is 15.5. The quantitative estimate of drug-likeness (QED) is 0.0517. The van der Waals surface area contributed by atoms with E-state index in [9.17, 15) is 0 Å². The topological polar surface area (TPSA) is 34.6 Å². The van der Waals surface area contributed by atoms with Crippen LogP contribution in [0.5, 0.6) is 0 Å². The van der Waals surface area contributed by atoms with E-state index in [0.717, 1.165) is 51.8 Å². The third kappa shape index (κ3) is 25.9. The van der Waals surface area contributed by atoms with Crippen molar-refractivity contribution >= 4 is 0 Å². The van der Waals surface area contributed by atoms with E-state index in [0.29, 0.717) is 0 Å². The molecule has 1 aromatic rings. The van der Waals surface area contributed by atoms with Gasteiger partial charge in [0.2, 0.25) is 0 Å². The van der Waals surface area contributed by atoms with Crippen molar-refractivity contribution in [2.24, 2.45) is 0 Å². The number of allylic oxidation sites excluding steroid dienone is 8. The molecule has 1 fully saturated rings. The Balaban J connectivity index is 1.62. The molecular formula is C48H82N2O2. The second-order valence-corrected chi connectivity index (χ2v) is 15.5. The summed E-state index contributed by atoms with van der Waals surface area (Å²) in [6.07, 6.45) is 56.7. The van der Waals surface area contributed by atoms with Gasteiger partial charge in [-0.05, 0) is 108 Å². The molecule has 1 atom stereocenters. The van der Waals surface area contributed by atoms with Crippen LogP contribution < -0.4 is 0 Å². The lowest BCUT2D eigenvalue weighted by atomic mass is 9.98. The van der Waals surface area contributed by atoms with Gasteiger partial charge in [0.1, 0.15) is 0 Å². The normalized spacial score (nSPS) is 16.3. The van der Waals surface area contributed by atoms with Crippen LogP contribution in [0, 0.1) is 0 Å². The first-order chi connectivity index (χ1) is 25.7. The van der Waals surface area contributed by atoms with E-state index in [1.165, 1.54) is 147 Å². The van der Waals surface area contributed by atoms with E-state index in [-0.39, 0.29) is 11.9 Å². The van der Waals surface area contributed by atoms with Crippen molar-refractivity contribution in [2.75, 3.05) is 20.2 Å². The van der Waals surface area contributed by atoms with Crippen molar-refractivity contribution in [3.63, 3.8) is 0 Å². The van der Waals surface area contributed by atoms with Crippen molar-refractivity contribution in [1.82, 2.24) is 9.88 Å². The van der Waals surface area contributed by atoms with Gasteiger partial charge in [-0.2, -0.15) is 0 Å². The Kier molecular flexibility index (Phi) is 29.8. The van der Waals surface area contributed by atoms with Crippen molar-refractivity contribution in [2.45, 2.75) is 206 Å². The predicted octanol–water partition coefficient (Wildman–Crippen LogP) is 14.4. The third-order valence-electron chi connectivity index (χ3n) is 10.5. The van der Waals surface area contributed by atoms with Crippen LogP contribution in [-0.4, -0.2) is 42.0 Å². The summed E-state index contributed by atoms with van der Waals surface area (Å²) in [5, 5.41) is 0. The van der Waals surface area contributed by atoms with E-state index >= 15 is 0 Å². The highest BCUT2D eigenvalue weighted by Crippen LogP contribution is 2.35. The van der Waals surface area contributed by atoms with Gasteiger partial charge in [0.15, 0.2) is 5.79 Å². The molecule has 0 saturated carbocycles. The minimum absolute atomic E-state index is 0.203. The molecule has 0 spiro atoms. The monoisotopic (exact) mass is 719 g/mol. The maximum absolute atomic E-state index is 6.81. The van der Waals surface area contributed by atoms with Gasteiger partial charge in [-0.1, -0.05) is 140 Å². The molecule has 1 saturated heterocycles. The standard InChI is InChI=1S/C48H82N2O2/c1-4-6-8-10-12-14-16-18-20-22-24-26-28-30-32-34-39-48(51-45-47(52-48)38-43-50(3)44-46-36-41-49-42-37-46)40-35-33-31-29-27-25-23-21-19-17-15-13-11-9-7-5-2/h12-15,18-21,36-37,41-42,47H,4-11,16-17,22-35,38-40,43-45H2,1-3H3/b14-12-,15-13-,20-18-,21-19-. The van der Waals surface area contributed by atoms with Crippen LogP contribution in [-0.2, 0) is 16.0 Å². The minimum atomic E-state index is -0.362. The molecule has 1 aromatic heterocycles. The lowest BCUT2D eigenvalue weighted by molar-refractivity contribution is -0.180. The van der Waals surface area contributed by atoms with Crippen LogP contribution in [0.1, 0.15) is 193 Å². The zero-order chi connectivity index (χ0) is 37.1. The number of unbranched alkanes of at least 4 members (excludes halogenated alkanes) is 18. The average Bonchev–Trinajstić information content (AvgIpc) is 3.57. The van der Waals surface area contributed by atoms with Crippen molar-refractivity contribution in [1.29, 1.82) is 0 Å². The Morgan fingerprint density at radius 1 is 0.615 bits per heavy atom. The molecule has 0 aliphatic carbocycles. The van der Waals surface area contributed by atoms with Crippen LogP contribution >= 0.6 is 0 Å². The fourth-order valence-corrected chi connectivity index (χ4v) is 7.15. The number of pyridine rings is 1. The summed E-state index contributed by atoms with van der Waals surface area (Å²) in [6.45, 7) is 7.24. The van der Waals surface area contributed by atoms with Crippen molar-refractivity contribution in [3.05, 3.63) is 78.7 Å². The van der Waals surface area contributed by atoms with E-state index < -0.39 is 0 Å². The highest BCUT2D eigenvalue weighted by molar-refractivity contribution is 5.09. The molecule has 0 bridgehead atoms. The highest BCUT2D eigenvalue weighted by atomic mass is 16.7. The SMILES string of the molecule is CCCCC/C=C\C/C=C\CCCCCCCCC1(CCCCCCCC/C=C\C/C=C\CCCCC)OCC(CCN(C)Cc2ccncc2)O1. The Morgan fingerprint density at radius 2 is 1.06 bits per heavy atom. The molecule has 0 amide bonds. The summed E-state index contributed by atoms with van der Waals surface area (Å²) in [6, 6.07) is 4.22. The summed E-state index contributed by atoms with van der Waals surface area (Å²) < 4.78 is 13.4. The number of rotatable bonds is 35. The van der Waals surface area contributed by atoms with E-state index in [1.807, 2.05) is 12.4 Å². The fourth-order valence-electron chi connectivity index (χ4n) is 7.15. The molecule has 4 heteroatoms. The molecule has 1 aliphatic heterocycles. The Morgan fingerprint density at radius 3 is 1.54 bits per heavy atom. The van der Waals surface area contributed by atoms with Crippen molar-refractivity contribution in [3.8, 4) is 0 Å². The number of hydrogen-bond donors (Lipinski definition) is 0. The number of ether oxygens (including phenoxy) is 2. The van der Waals surface area contributed by atoms with Crippen molar-refractivity contribution < 1.29 is 9.47 Å². The molecule has 0 radical (unpaired) electrons. The number of aromatic nitrogens is 1. The lowest BCUT2D eigenvalue weighted by Gasteiger charge is -2.29. The Hall–Kier alpha value is -2.01. The Labute approximate surface area is 323 Å². The molecule has 0 N–H and O–H groups in total. The first-order valence-corrected chi connectivity index (χ1v) is 22.2. The molecule has 1 unspecified atom stereocenters. The number of hydrogen-bond acceptors (Lipinski definition) is 4. The van der Waals surface area contributed by atoms with Gasteiger partial charge >= 0.3 is 0 Å². The summed E-state index contributed by atoms with van der Waals surface area (Å²) in [5.74, 6) is -0.362. The first kappa shape index (κ1) is 46.1. The maximum atomic E-state index is 6.81. The summed E-state index contributed by atoms with van der Waals surface area (Å²) in [5.41, 5.74) is 1.31. The molecule has 0 aromatic carbocycles. The summed E-state index contributed by atoms with van der Waals surface area (Å²) in [4.78, 5) is 6.55. The van der Waals surface area contributed by atoms with Gasteiger partial charge < -0.3 is 14.4 Å². The molecular weight excluding hydrogens is 637 g/mol. The predicted molar refractivity (Wildman–Crippen MR) is 227 cm³/mol. The molecule has 52 heavy (non-hydrogen) atoms. The molecule has 4 nitrogen and oxygen atoms in total. The lowest BCUT2D eigenvalue weighted by Crippen LogP contribution is -2.32. The highest BCUT2D eigenvalue weighted by Gasteiger charge is 2.40. The molecule has 1 aliphatic rings. The largest absolute Gasteiger partial charge is 0.347 e. The molecule has 2 heterocycles. The smallest absolute Gasteiger partial charge is 0.168 e. The minimum Gasteiger partial charge on any atom is -0.347 e. The molecule has 2 rings (SSSR count). The van der Waals surface area contributed by atoms with Crippen LogP contribution in [0.25, 0.3) is 0 Å². The zero-order valence-corrected chi connectivity index (χ0v) is 34.4. The van der Waals surface area contributed by atoms with Gasteiger partial charge in [0.05, 0.1) is 12.7 Å². The van der Waals surface area contributed by atoms with E-state index in [4.69, 9.17) is 9.47 Å². The van der Waals surface area contributed by atoms with Crippen LogP contribution in [0.4, 0.5) is 0 Å². The van der Waals surface area contributed by atoms with Gasteiger partial charge in [-0.15, -0.1) is 0 Å². The first-order valence-electron chi connectivity index (χ1n) is 22.2. The van der Waals surface area contributed by atoms with E-state index in [2.05, 4.69) is 91.5 Å². The summed E-state index contributed by atoms with van der Waals surface area (Å²) in [7, 11) is 2.21. The second kappa shape index (κ2) is 33.6. The van der Waals surface area contributed by atoms with Gasteiger partial charge in [0, 0.05) is 38.3 Å². The van der Waals surface area contributed by atoms with Crippen LogP contribution in [0.3, 0.4) is 0 Å². The third-order valence-corrected chi connectivity index (χ3v) is 10.5. The van der Waals surface area contributed by atoms with E-state index in [1.54, 1.807) is 0 Å². The zero-order valence-electron chi connectivity index (χ0n) is 34.4. The molecule has 296 valence electrons. The van der Waals surface area contributed by atoms with Crippen LogP contribution in [0.2, 0.25) is 0 Å². The Bertz CT molecular complexity index is 984. The maximum Gasteiger partial charge on any atom is 0.168 e. The van der Waals surface area contributed by atoms with Gasteiger partial charge in [-0.3, -0.25) is 4.98 Å². The van der Waals surface area contributed by atoms with Gasteiger partial charge in [-0.25, -0.2) is 0 Å². The van der Waals surface area contributed by atoms with Crippen LogP contribution in [0.15, 0.2) is 73.1 Å². The summed E-state index contributed by atoms with van der Waals surface area (Å²) >= 11 is 0. The average molecular weight is 719 g/mol. The fraction of sp³-hybridized carbons (Fsp3) is 0.729. The number of nitrogens with zero attached hydrogens (tertiary/aromatic N) is 2. The van der Waals surface area contributed by atoms with Gasteiger partial charge in [0.25, 0.3) is 0 Å².